The maximum Gasteiger partial charge on any atom is 0.350 e. The van der Waals surface area contributed by atoms with Crippen molar-refractivity contribution < 1.29 is 34.0 Å². The number of nitrogens with one attached hydrogen (secondary N) is 1. The Labute approximate surface area is 206 Å². The van der Waals surface area contributed by atoms with Crippen LogP contribution in [0.15, 0.2) is 42.6 Å². The Bertz CT molecular complexity index is 1210. The largest absolute Gasteiger partial charge is 0.387 e. The average molecular weight is 527 g/mol. The quantitative estimate of drug-likeness (QED) is 0.207. The number of rotatable bonds is 9. The highest BCUT2D eigenvalue weighted by Crippen LogP contribution is 2.37. The molecule has 0 radical (unpaired) electrons. The Morgan fingerprint density at radius 1 is 1.17 bits per heavy atom. The molecule has 1 aromatic carbocycles. The zero-order valence-corrected chi connectivity index (χ0v) is 20.8. The van der Waals surface area contributed by atoms with Crippen molar-refractivity contribution in [3.8, 4) is 0 Å². The van der Waals surface area contributed by atoms with Crippen LogP contribution in [-0.2, 0) is 14.0 Å². The molecule has 0 spiro atoms. The van der Waals surface area contributed by atoms with Crippen LogP contribution in [0.4, 0.5) is 5.82 Å². The highest BCUT2D eigenvalue weighted by molar-refractivity contribution is 7.51. The number of halogens is 1. The van der Waals surface area contributed by atoms with E-state index in [0.717, 1.165) is 5.56 Å². The molecule has 3 heterocycles. The summed E-state index contributed by atoms with van der Waals surface area (Å²) >= 11 is 6.25. The van der Waals surface area contributed by atoms with Gasteiger partial charge in [-0.15, -0.1) is 0 Å². The minimum Gasteiger partial charge on any atom is -0.387 e. The highest BCUT2D eigenvalue weighted by Gasteiger charge is 2.44. The van der Waals surface area contributed by atoms with Crippen molar-refractivity contribution >= 4 is 36.0 Å². The second-order valence-electron chi connectivity index (χ2n) is 8.79. The Balaban J connectivity index is 1.61. The summed E-state index contributed by atoms with van der Waals surface area (Å²) < 4.78 is 23.3. The summed E-state index contributed by atoms with van der Waals surface area (Å²) in [7, 11) is -4.37. The van der Waals surface area contributed by atoms with Gasteiger partial charge in [0, 0.05) is 6.20 Å². The third-order valence-corrected chi connectivity index (χ3v) is 6.50. The molecule has 11 nitrogen and oxygen atoms in total. The van der Waals surface area contributed by atoms with E-state index in [-0.39, 0.29) is 23.9 Å². The first-order valence-corrected chi connectivity index (χ1v) is 13.2. The van der Waals surface area contributed by atoms with Crippen LogP contribution in [0.5, 0.6) is 0 Å². The number of hydrogen-bond acceptors (Lipinski definition) is 8. The first kappa shape index (κ1) is 26.0. The standard InChI is InChI=1S/C22H28ClN4O7P/c1-12(2)16(13-6-4-3-5-7-13)24-19-14-8-9-27(20(14)26-22(23)25-19)21-18(29)17(28)15(34-21)10-33-11-35(30,31)32/h3-9,12,15-18,21,28-29H,10-11H2,1-2H3,(H,24,25,26)(H2,30,31,32)/t15-,16?,17-,18-,21-/m1/s1. The lowest BCUT2D eigenvalue weighted by Gasteiger charge is -2.24. The zero-order chi connectivity index (χ0) is 25.3. The molecule has 5 N–H and O–H groups in total. The molecule has 13 heteroatoms. The third-order valence-electron chi connectivity index (χ3n) is 5.82. The molecule has 1 aliphatic heterocycles. The zero-order valence-electron chi connectivity index (χ0n) is 19.1. The van der Waals surface area contributed by atoms with Gasteiger partial charge in [0.25, 0.3) is 0 Å². The molecule has 1 saturated heterocycles. The first-order valence-electron chi connectivity index (χ1n) is 11.0. The predicted octanol–water partition coefficient (Wildman–Crippen LogP) is 2.66. The lowest BCUT2D eigenvalue weighted by molar-refractivity contribution is -0.0610. The molecule has 0 aliphatic carbocycles. The van der Waals surface area contributed by atoms with Crippen LogP contribution in [-0.4, -0.2) is 65.8 Å². The van der Waals surface area contributed by atoms with E-state index in [1.165, 1.54) is 4.57 Å². The third kappa shape index (κ3) is 5.84. The fourth-order valence-corrected chi connectivity index (χ4v) is 4.66. The van der Waals surface area contributed by atoms with E-state index >= 15 is 0 Å². The smallest absolute Gasteiger partial charge is 0.350 e. The van der Waals surface area contributed by atoms with Gasteiger partial charge in [-0.1, -0.05) is 44.2 Å². The summed E-state index contributed by atoms with van der Waals surface area (Å²) in [6, 6.07) is 11.6. The van der Waals surface area contributed by atoms with Crippen molar-refractivity contribution in [2.24, 2.45) is 5.92 Å². The number of fused-ring (bicyclic) bond motifs is 1. The van der Waals surface area contributed by atoms with Gasteiger partial charge in [-0.2, -0.15) is 4.98 Å². The van der Waals surface area contributed by atoms with E-state index in [1.54, 1.807) is 12.3 Å². The van der Waals surface area contributed by atoms with Gasteiger partial charge >= 0.3 is 7.60 Å². The minimum atomic E-state index is -4.37. The van der Waals surface area contributed by atoms with E-state index in [2.05, 4.69) is 29.1 Å². The van der Waals surface area contributed by atoms with Crippen molar-refractivity contribution in [2.75, 3.05) is 18.3 Å². The summed E-state index contributed by atoms with van der Waals surface area (Å²) in [4.78, 5) is 26.6. The Hall–Kier alpha value is -2.08. The van der Waals surface area contributed by atoms with Gasteiger partial charge in [0.15, 0.2) is 6.23 Å². The van der Waals surface area contributed by atoms with Gasteiger partial charge in [0.2, 0.25) is 5.28 Å². The van der Waals surface area contributed by atoms with Gasteiger partial charge in [0.05, 0.1) is 18.0 Å². The molecule has 5 atom stereocenters. The van der Waals surface area contributed by atoms with Crippen LogP contribution in [0.3, 0.4) is 0 Å². The summed E-state index contributed by atoms with van der Waals surface area (Å²) in [6.07, 6.45) is -3.88. The van der Waals surface area contributed by atoms with E-state index in [1.807, 2.05) is 30.3 Å². The number of anilines is 1. The van der Waals surface area contributed by atoms with E-state index in [0.29, 0.717) is 16.9 Å². The molecule has 190 valence electrons. The minimum absolute atomic E-state index is 0.00918. The van der Waals surface area contributed by atoms with Crippen molar-refractivity contribution in [3.63, 3.8) is 0 Å². The van der Waals surface area contributed by atoms with Crippen LogP contribution < -0.4 is 5.32 Å². The van der Waals surface area contributed by atoms with Crippen LogP contribution in [0, 0.1) is 5.92 Å². The Morgan fingerprint density at radius 3 is 2.54 bits per heavy atom. The summed E-state index contributed by atoms with van der Waals surface area (Å²) in [6.45, 7) is 3.87. The SMILES string of the molecule is CC(C)C(Nc1nc(Cl)nc2c1ccn2[C@@H]1O[C@H](COCP(=O)(O)O)[C@@H](O)[C@H]1O)c1ccccc1. The monoisotopic (exact) mass is 526 g/mol. The van der Waals surface area contributed by atoms with E-state index in [4.69, 9.17) is 30.9 Å². The number of aliphatic hydroxyl groups excluding tert-OH is 2. The summed E-state index contributed by atoms with van der Waals surface area (Å²) in [5.74, 6) is 0.739. The first-order chi connectivity index (χ1) is 16.5. The Morgan fingerprint density at radius 2 is 1.89 bits per heavy atom. The van der Waals surface area contributed by atoms with Crippen LogP contribution in [0.25, 0.3) is 11.0 Å². The molecule has 1 unspecified atom stereocenters. The molecule has 0 saturated carbocycles. The average Bonchev–Trinajstić information content (AvgIpc) is 3.33. The molecule has 2 aromatic heterocycles. The van der Waals surface area contributed by atoms with Gasteiger partial charge in [-0.25, -0.2) is 4.98 Å². The molecule has 35 heavy (non-hydrogen) atoms. The second kappa shape index (κ2) is 10.5. The molecular formula is C22H28ClN4O7P. The number of aliphatic hydroxyl groups is 2. The molecule has 4 rings (SSSR count). The van der Waals surface area contributed by atoms with E-state index in [9.17, 15) is 14.8 Å². The predicted molar refractivity (Wildman–Crippen MR) is 129 cm³/mol. The topological polar surface area (TPSA) is 159 Å². The fourth-order valence-electron chi connectivity index (χ4n) is 4.15. The molecule has 3 aromatic rings. The van der Waals surface area contributed by atoms with Gasteiger partial charge in [-0.05, 0) is 29.1 Å². The Kier molecular flexibility index (Phi) is 7.80. The number of benzene rings is 1. The van der Waals surface area contributed by atoms with Crippen molar-refractivity contribution in [3.05, 3.63) is 53.4 Å². The van der Waals surface area contributed by atoms with Gasteiger partial charge in [-0.3, -0.25) is 4.57 Å². The summed E-state index contributed by atoms with van der Waals surface area (Å²) in [5, 5.41) is 25.1. The lowest BCUT2D eigenvalue weighted by atomic mass is 9.96. The maximum absolute atomic E-state index is 11.0. The normalized spacial score (nSPS) is 23.8. The van der Waals surface area contributed by atoms with Crippen molar-refractivity contribution in [2.45, 2.75) is 44.4 Å². The maximum atomic E-state index is 11.0. The van der Waals surface area contributed by atoms with Crippen LogP contribution in [0.1, 0.15) is 31.7 Å². The number of nitrogens with zero attached hydrogens (tertiary/aromatic N) is 3. The van der Waals surface area contributed by atoms with Gasteiger partial charge in [0.1, 0.15) is 36.1 Å². The van der Waals surface area contributed by atoms with Crippen LogP contribution >= 0.6 is 19.2 Å². The number of ether oxygens (including phenoxy) is 2. The summed E-state index contributed by atoms with van der Waals surface area (Å²) in [5.41, 5.74) is 1.47. The fraction of sp³-hybridized carbons (Fsp3) is 0.455. The van der Waals surface area contributed by atoms with Crippen LogP contribution in [0.2, 0.25) is 5.28 Å². The number of hydrogen-bond donors (Lipinski definition) is 5. The molecular weight excluding hydrogens is 499 g/mol. The molecule has 0 bridgehead atoms. The second-order valence-corrected chi connectivity index (χ2v) is 10.7. The van der Waals surface area contributed by atoms with Crippen molar-refractivity contribution in [1.82, 2.24) is 14.5 Å². The van der Waals surface area contributed by atoms with E-state index < -0.39 is 38.5 Å². The van der Waals surface area contributed by atoms with Gasteiger partial charge < -0.3 is 39.4 Å². The van der Waals surface area contributed by atoms with Crippen molar-refractivity contribution in [1.29, 1.82) is 0 Å². The number of aromatic nitrogens is 3. The molecule has 1 aliphatic rings. The molecule has 0 amide bonds. The highest BCUT2D eigenvalue weighted by atomic mass is 35.5. The molecule has 1 fully saturated rings. The lowest BCUT2D eigenvalue weighted by Crippen LogP contribution is -2.33.